The zero-order chi connectivity index (χ0) is 30.3. The lowest BCUT2D eigenvalue weighted by atomic mass is 9.98. The van der Waals surface area contributed by atoms with E-state index in [1.807, 2.05) is 6.08 Å². The SMILES string of the molecule is CCC=CCC=CCC=CCC=CCC=CCC=CCCC(=O)NC(C)C(=O)Nc1nc2c(s1)CC(NCCC)CC2. The third kappa shape index (κ3) is 15.8. The lowest BCUT2D eigenvalue weighted by molar-refractivity contribution is -0.126. The van der Waals surface area contributed by atoms with Crippen molar-refractivity contribution in [1.29, 1.82) is 0 Å². The number of hydrogen-bond acceptors (Lipinski definition) is 5. The second kappa shape index (κ2) is 22.6. The van der Waals surface area contributed by atoms with Crippen LogP contribution in [-0.2, 0) is 22.4 Å². The van der Waals surface area contributed by atoms with Crippen molar-refractivity contribution in [1.82, 2.24) is 15.6 Å². The Hall–Kier alpha value is -3.03. The molecule has 2 atom stereocenters. The number of amides is 2. The predicted octanol–water partition coefficient (Wildman–Crippen LogP) is 7.92. The van der Waals surface area contributed by atoms with Crippen LogP contribution in [0.4, 0.5) is 5.13 Å². The third-order valence-electron chi connectivity index (χ3n) is 6.76. The van der Waals surface area contributed by atoms with Crippen molar-refractivity contribution < 1.29 is 9.59 Å². The quantitative estimate of drug-likeness (QED) is 0.134. The second-order valence-electron chi connectivity index (χ2n) is 10.5. The van der Waals surface area contributed by atoms with Gasteiger partial charge in [-0.2, -0.15) is 0 Å². The first kappa shape index (κ1) is 35.2. The minimum atomic E-state index is -0.609. The largest absolute Gasteiger partial charge is 0.345 e. The fourth-order valence-electron chi connectivity index (χ4n) is 4.40. The topological polar surface area (TPSA) is 83.1 Å². The number of nitrogens with zero attached hydrogens (tertiary/aromatic N) is 1. The molecule has 230 valence electrons. The summed E-state index contributed by atoms with van der Waals surface area (Å²) in [5, 5.41) is 9.90. The Morgan fingerprint density at radius 2 is 1.45 bits per heavy atom. The van der Waals surface area contributed by atoms with E-state index in [0.29, 0.717) is 24.0 Å². The summed E-state index contributed by atoms with van der Waals surface area (Å²) in [6.45, 7) is 7.06. The van der Waals surface area contributed by atoms with Gasteiger partial charge in [-0.1, -0.05) is 86.8 Å². The summed E-state index contributed by atoms with van der Waals surface area (Å²) < 4.78 is 0. The van der Waals surface area contributed by atoms with E-state index >= 15 is 0 Å². The summed E-state index contributed by atoms with van der Waals surface area (Å²) in [5.41, 5.74) is 1.10. The molecule has 0 saturated carbocycles. The first-order chi connectivity index (χ1) is 20.5. The Morgan fingerprint density at radius 3 is 2.02 bits per heavy atom. The molecule has 0 aliphatic heterocycles. The minimum absolute atomic E-state index is 0.125. The van der Waals surface area contributed by atoms with Gasteiger partial charge in [-0.15, -0.1) is 11.3 Å². The van der Waals surface area contributed by atoms with Crippen molar-refractivity contribution in [3.8, 4) is 0 Å². The van der Waals surface area contributed by atoms with Crippen molar-refractivity contribution in [3.05, 3.63) is 83.5 Å². The molecule has 1 aromatic heterocycles. The summed E-state index contributed by atoms with van der Waals surface area (Å²) in [4.78, 5) is 30.8. The van der Waals surface area contributed by atoms with Gasteiger partial charge in [0.2, 0.25) is 11.8 Å². The Bertz CT molecular complexity index is 1100. The van der Waals surface area contributed by atoms with E-state index < -0.39 is 6.04 Å². The summed E-state index contributed by atoms with van der Waals surface area (Å²) in [6.07, 6.45) is 36.9. The van der Waals surface area contributed by atoms with Gasteiger partial charge in [0.1, 0.15) is 6.04 Å². The highest BCUT2D eigenvalue weighted by Crippen LogP contribution is 2.30. The number of fused-ring (bicyclic) bond motifs is 1. The highest BCUT2D eigenvalue weighted by atomic mass is 32.1. The molecule has 6 nitrogen and oxygen atoms in total. The molecular formula is C35H52N4O2S. The lowest BCUT2D eigenvalue weighted by Gasteiger charge is -2.21. The van der Waals surface area contributed by atoms with Crippen LogP contribution >= 0.6 is 11.3 Å². The predicted molar refractivity (Wildman–Crippen MR) is 180 cm³/mol. The van der Waals surface area contributed by atoms with Crippen molar-refractivity contribution in [2.45, 2.75) is 110 Å². The fraction of sp³-hybridized carbons (Fsp3) is 0.514. The second-order valence-corrected chi connectivity index (χ2v) is 11.6. The van der Waals surface area contributed by atoms with Crippen LogP contribution in [0.1, 0.15) is 95.6 Å². The van der Waals surface area contributed by atoms with E-state index in [1.165, 1.54) is 4.88 Å². The average Bonchev–Trinajstić information content (AvgIpc) is 3.38. The molecular weight excluding hydrogens is 540 g/mol. The molecule has 1 aliphatic carbocycles. The van der Waals surface area contributed by atoms with Crippen molar-refractivity contribution >= 4 is 28.3 Å². The van der Waals surface area contributed by atoms with E-state index in [9.17, 15) is 9.59 Å². The molecule has 0 radical (unpaired) electrons. The standard InChI is InChI=1S/C35H52N4O2S/c1-4-6-7-8-9-10-11-12-13-14-15-16-17-18-19-20-21-22-23-24-33(40)37-29(3)34(41)39-35-38-31-26-25-30(36-27-5-2)28-32(31)42-35/h6-7,9-10,12-13,15-16,18-19,21-22,29-30,36H,4-5,8,11,14,17,20,23-28H2,1-3H3,(H,37,40)(H,38,39,41). The maximum Gasteiger partial charge on any atom is 0.248 e. The number of allylic oxidation sites excluding steroid dienone is 12. The first-order valence-corrected chi connectivity index (χ1v) is 16.6. The summed E-state index contributed by atoms with van der Waals surface area (Å²) in [6, 6.07) is -0.122. The fourth-order valence-corrected chi connectivity index (χ4v) is 5.49. The molecule has 3 N–H and O–H groups in total. The van der Waals surface area contributed by atoms with Gasteiger partial charge in [-0.25, -0.2) is 4.98 Å². The molecule has 2 amide bonds. The molecule has 1 aliphatic rings. The maximum atomic E-state index is 12.6. The maximum absolute atomic E-state index is 12.6. The Morgan fingerprint density at radius 1 is 0.881 bits per heavy atom. The van der Waals surface area contributed by atoms with Crippen LogP contribution in [0.3, 0.4) is 0 Å². The van der Waals surface area contributed by atoms with E-state index in [-0.39, 0.29) is 11.8 Å². The number of aryl methyl sites for hydroxylation is 1. The molecule has 2 unspecified atom stereocenters. The summed E-state index contributed by atoms with van der Waals surface area (Å²) >= 11 is 1.55. The normalized spacial score (nSPS) is 16.5. The number of carbonyl (C=O) groups is 2. The molecule has 0 bridgehead atoms. The van der Waals surface area contributed by atoms with E-state index in [0.717, 1.165) is 76.4 Å². The highest BCUT2D eigenvalue weighted by Gasteiger charge is 2.23. The van der Waals surface area contributed by atoms with Crippen LogP contribution in [0.5, 0.6) is 0 Å². The molecule has 1 heterocycles. The number of aromatic nitrogens is 1. The Balaban J connectivity index is 1.53. The van der Waals surface area contributed by atoms with Gasteiger partial charge < -0.3 is 16.0 Å². The van der Waals surface area contributed by atoms with Crippen LogP contribution in [0.25, 0.3) is 0 Å². The van der Waals surface area contributed by atoms with Crippen LogP contribution in [-0.4, -0.2) is 35.4 Å². The molecule has 1 aromatic rings. The number of rotatable bonds is 20. The zero-order valence-electron chi connectivity index (χ0n) is 25.9. The van der Waals surface area contributed by atoms with E-state index in [2.05, 4.69) is 102 Å². The average molecular weight is 593 g/mol. The summed E-state index contributed by atoms with van der Waals surface area (Å²) in [5.74, 6) is -0.357. The van der Waals surface area contributed by atoms with Gasteiger partial charge >= 0.3 is 0 Å². The number of anilines is 1. The minimum Gasteiger partial charge on any atom is -0.345 e. The zero-order valence-corrected chi connectivity index (χ0v) is 26.8. The van der Waals surface area contributed by atoms with Gasteiger partial charge in [0.25, 0.3) is 0 Å². The van der Waals surface area contributed by atoms with Crippen LogP contribution < -0.4 is 16.0 Å². The van der Waals surface area contributed by atoms with Crippen LogP contribution in [0, 0.1) is 0 Å². The first-order valence-electron chi connectivity index (χ1n) is 15.8. The third-order valence-corrected chi connectivity index (χ3v) is 7.79. The molecule has 7 heteroatoms. The van der Waals surface area contributed by atoms with E-state index in [1.54, 1.807) is 18.3 Å². The van der Waals surface area contributed by atoms with Crippen molar-refractivity contribution in [2.75, 3.05) is 11.9 Å². The monoisotopic (exact) mass is 592 g/mol. The number of hydrogen-bond donors (Lipinski definition) is 3. The van der Waals surface area contributed by atoms with Gasteiger partial charge in [-0.3, -0.25) is 9.59 Å². The van der Waals surface area contributed by atoms with Gasteiger partial charge in [-0.05, 0) is 84.1 Å². The van der Waals surface area contributed by atoms with E-state index in [4.69, 9.17) is 0 Å². The van der Waals surface area contributed by atoms with Crippen molar-refractivity contribution in [2.24, 2.45) is 0 Å². The molecule has 0 aromatic carbocycles. The Labute approximate surface area is 258 Å². The Kier molecular flexibility index (Phi) is 18.9. The smallest absolute Gasteiger partial charge is 0.248 e. The van der Waals surface area contributed by atoms with Gasteiger partial charge in [0, 0.05) is 17.3 Å². The number of thiazole rings is 1. The highest BCUT2D eigenvalue weighted by molar-refractivity contribution is 7.15. The van der Waals surface area contributed by atoms with Crippen LogP contribution in [0.2, 0.25) is 0 Å². The van der Waals surface area contributed by atoms with Gasteiger partial charge in [0.05, 0.1) is 5.69 Å². The number of nitrogens with one attached hydrogen (secondary N) is 3. The summed E-state index contributed by atoms with van der Waals surface area (Å²) in [7, 11) is 0. The molecule has 42 heavy (non-hydrogen) atoms. The van der Waals surface area contributed by atoms with Crippen LogP contribution in [0.15, 0.2) is 72.9 Å². The molecule has 0 saturated heterocycles. The van der Waals surface area contributed by atoms with Crippen molar-refractivity contribution in [3.63, 3.8) is 0 Å². The number of carbonyl (C=O) groups excluding carboxylic acids is 2. The lowest BCUT2D eigenvalue weighted by Crippen LogP contribution is -2.41. The molecule has 2 rings (SSSR count). The molecule has 0 spiro atoms. The molecule has 0 fully saturated rings. The van der Waals surface area contributed by atoms with Gasteiger partial charge in [0.15, 0.2) is 5.13 Å².